The molecule has 0 saturated carbocycles. The van der Waals surface area contributed by atoms with E-state index in [2.05, 4.69) is 15.4 Å². The first kappa shape index (κ1) is 15.4. The topological polar surface area (TPSA) is 63.9 Å². The number of amides is 1. The van der Waals surface area contributed by atoms with E-state index >= 15 is 0 Å². The van der Waals surface area contributed by atoms with E-state index in [0.29, 0.717) is 5.82 Å². The molecule has 0 aliphatic rings. The lowest BCUT2D eigenvalue weighted by molar-refractivity contribution is -0.132. The summed E-state index contributed by atoms with van der Waals surface area (Å²) in [6.45, 7) is 2.07. The van der Waals surface area contributed by atoms with Crippen LogP contribution in [0, 0.1) is 0 Å². The average molecular weight is 327 g/mol. The largest absolute Gasteiger partial charge is 0.337 e. The number of carbonyl (C=O) groups excluding carboxylic acids is 1. The van der Waals surface area contributed by atoms with Crippen molar-refractivity contribution in [1.82, 2.24) is 25.1 Å². The van der Waals surface area contributed by atoms with Gasteiger partial charge in [0.15, 0.2) is 0 Å². The highest BCUT2D eigenvalue weighted by atomic mass is 32.1. The Labute approximate surface area is 138 Å². The first-order chi connectivity index (χ1) is 11.1. The van der Waals surface area contributed by atoms with Crippen LogP contribution >= 0.6 is 11.3 Å². The van der Waals surface area contributed by atoms with Crippen LogP contribution in [0.2, 0.25) is 0 Å². The quantitative estimate of drug-likeness (QED) is 0.722. The molecule has 3 aromatic rings. The van der Waals surface area contributed by atoms with Crippen LogP contribution < -0.4 is 0 Å². The third-order valence-corrected chi connectivity index (χ3v) is 4.45. The van der Waals surface area contributed by atoms with Crippen LogP contribution in [0.4, 0.5) is 0 Å². The fourth-order valence-electron chi connectivity index (χ4n) is 2.22. The zero-order valence-electron chi connectivity index (χ0n) is 13.0. The Bertz CT molecular complexity index is 769. The normalized spacial score (nSPS) is 12.1. The molecular weight excluding hydrogens is 310 g/mol. The van der Waals surface area contributed by atoms with Gasteiger partial charge in [0, 0.05) is 18.0 Å². The number of tetrazole rings is 1. The molecule has 1 aromatic carbocycles. The van der Waals surface area contributed by atoms with Gasteiger partial charge in [-0.05, 0) is 29.1 Å². The summed E-state index contributed by atoms with van der Waals surface area (Å²) in [6.07, 6.45) is 0. The summed E-state index contributed by atoms with van der Waals surface area (Å²) in [6, 6.07) is 11.8. The molecule has 118 valence electrons. The molecule has 0 bridgehead atoms. The molecule has 0 fully saturated rings. The van der Waals surface area contributed by atoms with Crippen molar-refractivity contribution in [3.63, 3.8) is 0 Å². The van der Waals surface area contributed by atoms with Crippen molar-refractivity contribution < 1.29 is 4.79 Å². The molecule has 0 aliphatic heterocycles. The molecule has 1 atom stereocenters. The Balaban J connectivity index is 1.67. The maximum Gasteiger partial charge on any atom is 0.246 e. The van der Waals surface area contributed by atoms with Crippen LogP contribution in [-0.4, -0.2) is 38.1 Å². The van der Waals surface area contributed by atoms with E-state index in [-0.39, 0.29) is 18.5 Å². The Morgan fingerprint density at radius 1 is 1.30 bits per heavy atom. The van der Waals surface area contributed by atoms with Crippen LogP contribution in [0.1, 0.15) is 18.5 Å². The minimum absolute atomic E-state index is 0.0106. The van der Waals surface area contributed by atoms with Gasteiger partial charge in [-0.25, -0.2) is 0 Å². The second-order valence-corrected chi connectivity index (χ2v) is 6.03. The van der Waals surface area contributed by atoms with Crippen molar-refractivity contribution in [2.45, 2.75) is 19.5 Å². The number of benzene rings is 1. The van der Waals surface area contributed by atoms with Crippen molar-refractivity contribution in [2.24, 2.45) is 0 Å². The van der Waals surface area contributed by atoms with Crippen molar-refractivity contribution in [2.75, 3.05) is 7.05 Å². The highest BCUT2D eigenvalue weighted by molar-refractivity contribution is 7.08. The van der Waals surface area contributed by atoms with Crippen LogP contribution in [-0.2, 0) is 11.3 Å². The summed E-state index contributed by atoms with van der Waals surface area (Å²) in [4.78, 5) is 15.5. The van der Waals surface area contributed by atoms with Gasteiger partial charge in [0.2, 0.25) is 11.7 Å². The fourth-order valence-corrected chi connectivity index (χ4v) is 2.86. The number of hydrogen-bond donors (Lipinski definition) is 0. The molecule has 0 radical (unpaired) electrons. The third kappa shape index (κ3) is 3.45. The maximum atomic E-state index is 12.4. The van der Waals surface area contributed by atoms with E-state index < -0.39 is 0 Å². The molecule has 2 aromatic heterocycles. The standard InChI is InChI=1S/C16H17N5OS/c1-12(13-6-4-3-5-7-13)20(2)15(22)10-21-18-16(17-19-21)14-8-9-23-11-14/h3-9,11-12H,10H2,1-2H3/t12-/m0/s1. The summed E-state index contributed by atoms with van der Waals surface area (Å²) in [5.41, 5.74) is 2.01. The van der Waals surface area contributed by atoms with Gasteiger partial charge in [-0.15, -0.1) is 10.2 Å². The molecule has 0 saturated heterocycles. The first-order valence-electron chi connectivity index (χ1n) is 7.26. The number of aromatic nitrogens is 4. The van der Waals surface area contributed by atoms with Crippen LogP contribution in [0.25, 0.3) is 11.4 Å². The molecule has 0 N–H and O–H groups in total. The third-order valence-electron chi connectivity index (χ3n) is 3.77. The Morgan fingerprint density at radius 3 is 2.78 bits per heavy atom. The number of thiophene rings is 1. The van der Waals surface area contributed by atoms with Crippen LogP contribution in [0.15, 0.2) is 47.2 Å². The van der Waals surface area contributed by atoms with Gasteiger partial charge in [-0.2, -0.15) is 16.1 Å². The zero-order valence-corrected chi connectivity index (χ0v) is 13.8. The molecule has 0 unspecified atom stereocenters. The summed E-state index contributed by atoms with van der Waals surface area (Å²) in [7, 11) is 1.79. The molecule has 6 nitrogen and oxygen atoms in total. The van der Waals surface area contributed by atoms with Gasteiger partial charge in [0.25, 0.3) is 0 Å². The SMILES string of the molecule is C[C@@H](c1ccccc1)N(C)C(=O)Cn1nnc(-c2ccsc2)n1. The van der Waals surface area contributed by atoms with Crippen LogP contribution in [0.3, 0.4) is 0 Å². The highest BCUT2D eigenvalue weighted by Gasteiger charge is 2.18. The van der Waals surface area contributed by atoms with E-state index in [4.69, 9.17) is 0 Å². The van der Waals surface area contributed by atoms with Crippen molar-refractivity contribution in [1.29, 1.82) is 0 Å². The maximum absolute atomic E-state index is 12.4. The molecule has 0 aliphatic carbocycles. The van der Waals surface area contributed by atoms with E-state index in [0.717, 1.165) is 11.1 Å². The Hall–Kier alpha value is -2.54. The Morgan fingerprint density at radius 2 is 2.09 bits per heavy atom. The van der Waals surface area contributed by atoms with Gasteiger partial charge in [-0.1, -0.05) is 30.3 Å². The van der Waals surface area contributed by atoms with Crippen molar-refractivity contribution in [3.8, 4) is 11.4 Å². The van der Waals surface area contributed by atoms with Gasteiger partial charge in [0.1, 0.15) is 6.54 Å². The van der Waals surface area contributed by atoms with E-state index in [9.17, 15) is 4.79 Å². The molecular formula is C16H17N5OS. The fraction of sp³-hybridized carbons (Fsp3) is 0.250. The highest BCUT2D eigenvalue weighted by Crippen LogP contribution is 2.19. The average Bonchev–Trinajstić information content (AvgIpc) is 3.25. The molecule has 0 spiro atoms. The molecule has 3 rings (SSSR count). The lowest BCUT2D eigenvalue weighted by Crippen LogP contribution is -2.33. The first-order valence-corrected chi connectivity index (χ1v) is 8.20. The number of hydrogen-bond acceptors (Lipinski definition) is 5. The smallest absolute Gasteiger partial charge is 0.246 e. The number of carbonyl (C=O) groups is 1. The zero-order chi connectivity index (χ0) is 16.2. The van der Waals surface area contributed by atoms with Gasteiger partial charge in [0.05, 0.1) is 6.04 Å². The van der Waals surface area contributed by atoms with Gasteiger partial charge >= 0.3 is 0 Å². The van der Waals surface area contributed by atoms with E-state index in [1.165, 1.54) is 4.80 Å². The van der Waals surface area contributed by atoms with E-state index in [1.807, 2.05) is 54.1 Å². The lowest BCUT2D eigenvalue weighted by Gasteiger charge is -2.25. The van der Waals surface area contributed by atoms with E-state index in [1.54, 1.807) is 23.3 Å². The van der Waals surface area contributed by atoms with Crippen molar-refractivity contribution >= 4 is 17.2 Å². The number of likely N-dealkylation sites (N-methyl/N-ethyl adjacent to an activating group) is 1. The number of nitrogens with zero attached hydrogens (tertiary/aromatic N) is 5. The monoisotopic (exact) mass is 327 g/mol. The second kappa shape index (κ2) is 6.70. The summed E-state index contributed by atoms with van der Waals surface area (Å²) >= 11 is 1.57. The summed E-state index contributed by atoms with van der Waals surface area (Å²) in [5, 5.41) is 16.1. The van der Waals surface area contributed by atoms with Crippen molar-refractivity contribution in [3.05, 3.63) is 52.7 Å². The predicted octanol–water partition coefficient (Wildman–Crippen LogP) is 2.62. The van der Waals surface area contributed by atoms with Gasteiger partial charge in [-0.3, -0.25) is 4.79 Å². The van der Waals surface area contributed by atoms with Gasteiger partial charge < -0.3 is 4.90 Å². The molecule has 7 heteroatoms. The second-order valence-electron chi connectivity index (χ2n) is 5.25. The number of rotatable bonds is 5. The summed E-state index contributed by atoms with van der Waals surface area (Å²) in [5.74, 6) is 0.480. The molecule has 23 heavy (non-hydrogen) atoms. The molecule has 1 amide bonds. The predicted molar refractivity (Wildman–Crippen MR) is 88.8 cm³/mol. The molecule has 2 heterocycles. The van der Waals surface area contributed by atoms with Crippen LogP contribution in [0.5, 0.6) is 0 Å². The lowest BCUT2D eigenvalue weighted by atomic mass is 10.1. The minimum Gasteiger partial charge on any atom is -0.337 e. The minimum atomic E-state index is -0.0596. The Kier molecular flexibility index (Phi) is 4.47. The summed E-state index contributed by atoms with van der Waals surface area (Å²) < 4.78 is 0.